The SMILES string of the molecule is CCOC(=O)c1ccc(CSCCN)o1. The van der Waals surface area contributed by atoms with E-state index in [9.17, 15) is 4.79 Å². The molecule has 0 saturated carbocycles. The molecular formula is C10H15NO3S. The fourth-order valence-electron chi connectivity index (χ4n) is 1.02. The van der Waals surface area contributed by atoms with Crippen LogP contribution in [0.4, 0.5) is 0 Å². The molecule has 0 saturated heterocycles. The number of hydrogen-bond donors (Lipinski definition) is 1. The summed E-state index contributed by atoms with van der Waals surface area (Å²) in [6.07, 6.45) is 0. The van der Waals surface area contributed by atoms with E-state index in [4.69, 9.17) is 14.9 Å². The lowest BCUT2D eigenvalue weighted by Gasteiger charge is -1.98. The normalized spacial score (nSPS) is 10.3. The quantitative estimate of drug-likeness (QED) is 0.593. The van der Waals surface area contributed by atoms with Gasteiger partial charge in [-0.3, -0.25) is 0 Å². The molecule has 5 heteroatoms. The van der Waals surface area contributed by atoms with Gasteiger partial charge in [0.05, 0.1) is 12.4 Å². The molecule has 15 heavy (non-hydrogen) atoms. The molecule has 0 amide bonds. The Morgan fingerprint density at radius 1 is 1.60 bits per heavy atom. The van der Waals surface area contributed by atoms with Gasteiger partial charge in [-0.15, -0.1) is 0 Å². The number of rotatable bonds is 6. The van der Waals surface area contributed by atoms with Gasteiger partial charge >= 0.3 is 5.97 Å². The first-order valence-corrected chi connectivity index (χ1v) is 5.97. The maximum Gasteiger partial charge on any atom is 0.374 e. The highest BCUT2D eigenvalue weighted by Gasteiger charge is 2.11. The summed E-state index contributed by atoms with van der Waals surface area (Å²) in [6, 6.07) is 3.42. The summed E-state index contributed by atoms with van der Waals surface area (Å²) >= 11 is 1.67. The molecule has 0 atom stereocenters. The standard InChI is InChI=1S/C10H15NO3S/c1-2-13-10(12)9-4-3-8(14-9)7-15-6-5-11/h3-4H,2,5-7,11H2,1H3. The fraction of sp³-hybridized carbons (Fsp3) is 0.500. The molecule has 4 nitrogen and oxygen atoms in total. The highest BCUT2D eigenvalue weighted by molar-refractivity contribution is 7.98. The average molecular weight is 229 g/mol. The van der Waals surface area contributed by atoms with Gasteiger partial charge in [-0.1, -0.05) is 0 Å². The van der Waals surface area contributed by atoms with Gasteiger partial charge in [-0.25, -0.2) is 4.79 Å². The van der Waals surface area contributed by atoms with Crippen molar-refractivity contribution in [2.24, 2.45) is 5.73 Å². The summed E-state index contributed by atoms with van der Waals surface area (Å²) < 4.78 is 10.1. The Morgan fingerprint density at radius 2 is 2.40 bits per heavy atom. The van der Waals surface area contributed by atoms with E-state index < -0.39 is 5.97 Å². The van der Waals surface area contributed by atoms with Crippen molar-refractivity contribution in [3.05, 3.63) is 23.7 Å². The van der Waals surface area contributed by atoms with Crippen molar-refractivity contribution in [3.8, 4) is 0 Å². The van der Waals surface area contributed by atoms with E-state index in [0.717, 1.165) is 17.3 Å². The summed E-state index contributed by atoms with van der Waals surface area (Å²) in [5, 5.41) is 0. The van der Waals surface area contributed by atoms with Crippen LogP contribution in [0.2, 0.25) is 0 Å². The minimum atomic E-state index is -0.410. The molecule has 0 spiro atoms. The largest absolute Gasteiger partial charge is 0.460 e. The van der Waals surface area contributed by atoms with Crippen LogP contribution in [0.3, 0.4) is 0 Å². The number of ether oxygens (including phenoxy) is 1. The van der Waals surface area contributed by atoms with E-state index in [2.05, 4.69) is 0 Å². The Morgan fingerprint density at radius 3 is 3.07 bits per heavy atom. The van der Waals surface area contributed by atoms with Crippen molar-refractivity contribution >= 4 is 17.7 Å². The van der Waals surface area contributed by atoms with Crippen LogP contribution in [0.1, 0.15) is 23.2 Å². The summed E-state index contributed by atoms with van der Waals surface area (Å²) in [5.74, 6) is 2.25. The van der Waals surface area contributed by atoms with E-state index in [1.807, 2.05) is 0 Å². The summed E-state index contributed by atoms with van der Waals surface area (Å²) in [6.45, 7) is 2.77. The van der Waals surface area contributed by atoms with Crippen molar-refractivity contribution in [3.63, 3.8) is 0 Å². The first-order valence-electron chi connectivity index (χ1n) is 4.81. The second-order valence-corrected chi connectivity index (χ2v) is 3.93. The predicted molar refractivity (Wildman–Crippen MR) is 59.9 cm³/mol. The number of esters is 1. The van der Waals surface area contributed by atoms with Crippen molar-refractivity contribution in [1.29, 1.82) is 0 Å². The Balaban J connectivity index is 2.45. The van der Waals surface area contributed by atoms with E-state index in [1.165, 1.54) is 0 Å². The van der Waals surface area contributed by atoms with E-state index in [-0.39, 0.29) is 5.76 Å². The number of furan rings is 1. The summed E-state index contributed by atoms with van der Waals surface area (Å²) in [4.78, 5) is 11.2. The van der Waals surface area contributed by atoms with Gasteiger partial charge in [0.2, 0.25) is 5.76 Å². The van der Waals surface area contributed by atoms with Crippen LogP contribution in [-0.4, -0.2) is 24.9 Å². The number of nitrogens with two attached hydrogens (primary N) is 1. The molecule has 1 heterocycles. The topological polar surface area (TPSA) is 65.5 Å². The maximum absolute atomic E-state index is 11.2. The van der Waals surface area contributed by atoms with Crippen LogP contribution in [0.5, 0.6) is 0 Å². The Labute approximate surface area is 93.2 Å². The molecule has 0 bridgehead atoms. The minimum absolute atomic E-state index is 0.264. The molecule has 0 unspecified atom stereocenters. The smallest absolute Gasteiger partial charge is 0.374 e. The minimum Gasteiger partial charge on any atom is -0.460 e. The van der Waals surface area contributed by atoms with Gasteiger partial charge in [0.25, 0.3) is 0 Å². The zero-order valence-electron chi connectivity index (χ0n) is 8.69. The summed E-state index contributed by atoms with van der Waals surface area (Å²) in [5.41, 5.74) is 5.36. The number of hydrogen-bond acceptors (Lipinski definition) is 5. The Hall–Kier alpha value is -0.940. The monoisotopic (exact) mass is 229 g/mol. The van der Waals surface area contributed by atoms with Gasteiger partial charge in [0.15, 0.2) is 0 Å². The highest BCUT2D eigenvalue weighted by atomic mass is 32.2. The first kappa shape index (κ1) is 12.1. The van der Waals surface area contributed by atoms with Crippen molar-refractivity contribution in [2.75, 3.05) is 18.9 Å². The molecule has 84 valence electrons. The zero-order valence-corrected chi connectivity index (χ0v) is 9.51. The van der Waals surface area contributed by atoms with Crippen LogP contribution in [0.25, 0.3) is 0 Å². The third kappa shape index (κ3) is 3.97. The molecule has 1 aromatic rings. The molecule has 0 aromatic carbocycles. The van der Waals surface area contributed by atoms with Crippen LogP contribution >= 0.6 is 11.8 Å². The second kappa shape index (κ2) is 6.53. The van der Waals surface area contributed by atoms with Crippen LogP contribution in [-0.2, 0) is 10.5 Å². The lowest BCUT2D eigenvalue weighted by Crippen LogP contribution is -2.02. The lowest BCUT2D eigenvalue weighted by atomic mass is 10.4. The molecule has 0 fully saturated rings. The van der Waals surface area contributed by atoms with E-state index in [0.29, 0.717) is 13.2 Å². The average Bonchev–Trinajstić information content (AvgIpc) is 2.67. The molecule has 0 aliphatic heterocycles. The van der Waals surface area contributed by atoms with Gasteiger partial charge < -0.3 is 14.9 Å². The molecule has 1 rings (SSSR count). The molecule has 0 aliphatic carbocycles. The number of carbonyl (C=O) groups is 1. The lowest BCUT2D eigenvalue weighted by molar-refractivity contribution is 0.0488. The Bertz CT molecular complexity index is 311. The fourth-order valence-corrected chi connectivity index (χ4v) is 1.69. The zero-order chi connectivity index (χ0) is 11.1. The summed E-state index contributed by atoms with van der Waals surface area (Å²) in [7, 11) is 0. The number of carbonyl (C=O) groups excluding carboxylic acids is 1. The van der Waals surface area contributed by atoms with Crippen molar-refractivity contribution < 1.29 is 13.9 Å². The Kier molecular flexibility index (Phi) is 5.28. The molecule has 0 radical (unpaired) electrons. The van der Waals surface area contributed by atoms with E-state index >= 15 is 0 Å². The van der Waals surface area contributed by atoms with Crippen LogP contribution < -0.4 is 5.73 Å². The van der Waals surface area contributed by atoms with Gasteiger partial charge in [0, 0.05) is 12.3 Å². The molecule has 0 aliphatic rings. The maximum atomic E-state index is 11.2. The third-order valence-electron chi connectivity index (χ3n) is 1.64. The first-order chi connectivity index (χ1) is 7.27. The molecular weight excluding hydrogens is 214 g/mol. The van der Waals surface area contributed by atoms with Gasteiger partial charge in [-0.05, 0) is 19.1 Å². The van der Waals surface area contributed by atoms with E-state index in [1.54, 1.807) is 30.8 Å². The molecule has 1 aromatic heterocycles. The van der Waals surface area contributed by atoms with Crippen LogP contribution in [0.15, 0.2) is 16.5 Å². The van der Waals surface area contributed by atoms with Crippen molar-refractivity contribution in [1.82, 2.24) is 0 Å². The van der Waals surface area contributed by atoms with Crippen molar-refractivity contribution in [2.45, 2.75) is 12.7 Å². The van der Waals surface area contributed by atoms with Crippen LogP contribution in [0, 0.1) is 0 Å². The predicted octanol–water partition coefficient (Wildman–Crippen LogP) is 1.65. The second-order valence-electron chi connectivity index (χ2n) is 2.83. The van der Waals surface area contributed by atoms with Gasteiger partial charge in [-0.2, -0.15) is 11.8 Å². The van der Waals surface area contributed by atoms with Gasteiger partial charge in [0.1, 0.15) is 5.76 Å². The molecule has 2 N–H and O–H groups in total. The third-order valence-corrected chi connectivity index (χ3v) is 2.66. The number of thioether (sulfide) groups is 1. The highest BCUT2D eigenvalue weighted by Crippen LogP contribution is 2.15.